The van der Waals surface area contributed by atoms with Crippen molar-refractivity contribution in [3.63, 3.8) is 0 Å². The number of benzene rings is 2. The number of ether oxygens (including phenoxy) is 1. The largest absolute Gasteiger partial charge is 0.497 e. The lowest BCUT2D eigenvalue weighted by Gasteiger charge is -2.31. The zero-order valence-corrected chi connectivity index (χ0v) is 18.6. The highest BCUT2D eigenvalue weighted by molar-refractivity contribution is 7.89. The van der Waals surface area contributed by atoms with Gasteiger partial charge in [0.2, 0.25) is 15.9 Å². The molecule has 2 fully saturated rings. The van der Waals surface area contributed by atoms with Crippen molar-refractivity contribution < 1.29 is 17.9 Å². The number of amides is 1. The Bertz CT molecular complexity index is 1000. The number of nitrogens with one attached hydrogen (secondary N) is 1. The molecule has 0 aromatic heterocycles. The van der Waals surface area contributed by atoms with Gasteiger partial charge in [-0.1, -0.05) is 0 Å². The Labute approximate surface area is 184 Å². The summed E-state index contributed by atoms with van der Waals surface area (Å²) in [7, 11) is -2.11. The predicted molar refractivity (Wildman–Crippen MR) is 121 cm³/mol. The fourth-order valence-corrected chi connectivity index (χ4v) is 5.77. The first-order valence-electron chi connectivity index (χ1n) is 10.8. The van der Waals surface area contributed by atoms with Crippen LogP contribution in [0.15, 0.2) is 53.4 Å². The number of carbonyl (C=O) groups is 1. The van der Waals surface area contributed by atoms with Crippen LogP contribution in [0.1, 0.15) is 25.7 Å². The average molecular weight is 444 g/mol. The van der Waals surface area contributed by atoms with Crippen molar-refractivity contribution in [2.24, 2.45) is 5.92 Å². The maximum absolute atomic E-state index is 13.0. The molecular formula is C23H29N3O4S. The standard InChI is InChI=1S/C23H29N3O4S/c1-30-21-10-12-22(13-11-21)31(28,29)26-16-4-5-18(17-26)23(27)24-19-6-8-20(9-7-19)25-14-2-3-15-25/h6-13,18H,2-5,14-17H2,1H3,(H,24,27)/t18-/m0/s1. The van der Waals surface area contributed by atoms with E-state index in [1.807, 2.05) is 24.3 Å². The number of piperidine rings is 1. The molecule has 2 heterocycles. The molecule has 0 saturated carbocycles. The third-order valence-corrected chi connectivity index (χ3v) is 7.94. The smallest absolute Gasteiger partial charge is 0.243 e. The van der Waals surface area contributed by atoms with Crippen LogP contribution >= 0.6 is 0 Å². The van der Waals surface area contributed by atoms with Gasteiger partial charge in [-0.3, -0.25) is 4.79 Å². The molecule has 0 spiro atoms. The van der Waals surface area contributed by atoms with Crippen LogP contribution in [-0.2, 0) is 14.8 Å². The number of hydrogen-bond acceptors (Lipinski definition) is 5. The number of hydrogen-bond donors (Lipinski definition) is 1. The molecule has 2 aliphatic rings. The van der Waals surface area contributed by atoms with E-state index in [-0.39, 0.29) is 23.3 Å². The predicted octanol–water partition coefficient (Wildman–Crippen LogP) is 3.33. The molecule has 31 heavy (non-hydrogen) atoms. The van der Waals surface area contributed by atoms with E-state index in [0.29, 0.717) is 25.1 Å². The molecule has 2 aromatic carbocycles. The number of anilines is 2. The van der Waals surface area contributed by atoms with Crippen LogP contribution < -0.4 is 15.0 Å². The first-order chi connectivity index (χ1) is 15.0. The van der Waals surface area contributed by atoms with Gasteiger partial charge in [-0.05, 0) is 74.2 Å². The molecule has 7 nitrogen and oxygen atoms in total. The maximum Gasteiger partial charge on any atom is 0.243 e. The summed E-state index contributed by atoms with van der Waals surface area (Å²) in [6, 6.07) is 14.2. The van der Waals surface area contributed by atoms with Crippen LogP contribution in [0.25, 0.3) is 0 Å². The zero-order valence-electron chi connectivity index (χ0n) is 17.8. The lowest BCUT2D eigenvalue weighted by molar-refractivity contribution is -0.120. The third kappa shape index (κ3) is 4.85. The van der Waals surface area contributed by atoms with Gasteiger partial charge in [0.25, 0.3) is 0 Å². The van der Waals surface area contributed by atoms with Crippen LogP contribution in [0, 0.1) is 5.92 Å². The first kappa shape index (κ1) is 21.6. The van der Waals surface area contributed by atoms with E-state index in [9.17, 15) is 13.2 Å². The highest BCUT2D eigenvalue weighted by Crippen LogP contribution is 2.27. The summed E-state index contributed by atoms with van der Waals surface area (Å²) in [6.45, 7) is 2.76. The van der Waals surface area contributed by atoms with E-state index in [4.69, 9.17) is 4.74 Å². The summed E-state index contributed by atoms with van der Waals surface area (Å²) in [4.78, 5) is 15.4. The topological polar surface area (TPSA) is 79.0 Å². The molecule has 2 aromatic rings. The van der Waals surface area contributed by atoms with Gasteiger partial charge in [-0.15, -0.1) is 0 Å². The molecule has 0 bridgehead atoms. The second kappa shape index (κ2) is 9.28. The Morgan fingerprint density at radius 3 is 2.29 bits per heavy atom. The molecular weight excluding hydrogens is 414 g/mol. The van der Waals surface area contributed by atoms with Gasteiger partial charge in [0.1, 0.15) is 5.75 Å². The summed E-state index contributed by atoms with van der Waals surface area (Å²) in [6.07, 6.45) is 3.76. The summed E-state index contributed by atoms with van der Waals surface area (Å²) < 4.78 is 32.6. The van der Waals surface area contributed by atoms with Gasteiger partial charge in [-0.25, -0.2) is 8.42 Å². The molecule has 1 N–H and O–H groups in total. The normalized spacial score (nSPS) is 19.9. The van der Waals surface area contributed by atoms with E-state index >= 15 is 0 Å². The van der Waals surface area contributed by atoms with Crippen molar-refractivity contribution >= 4 is 27.3 Å². The number of rotatable bonds is 6. The maximum atomic E-state index is 13.0. The Kier molecular flexibility index (Phi) is 6.48. The van der Waals surface area contributed by atoms with Crippen molar-refractivity contribution in [1.82, 2.24) is 4.31 Å². The van der Waals surface area contributed by atoms with Crippen LogP contribution in [0.2, 0.25) is 0 Å². The van der Waals surface area contributed by atoms with Crippen LogP contribution in [0.5, 0.6) is 5.75 Å². The van der Waals surface area contributed by atoms with Gasteiger partial charge in [0, 0.05) is 37.6 Å². The monoisotopic (exact) mass is 443 g/mol. The van der Waals surface area contributed by atoms with Crippen LogP contribution in [0.4, 0.5) is 11.4 Å². The molecule has 4 rings (SSSR count). The fraction of sp³-hybridized carbons (Fsp3) is 0.435. The van der Waals surface area contributed by atoms with Gasteiger partial charge in [0.05, 0.1) is 17.9 Å². The summed E-state index contributed by atoms with van der Waals surface area (Å²) in [5.41, 5.74) is 1.91. The second-order valence-corrected chi connectivity index (χ2v) is 10.0. The highest BCUT2D eigenvalue weighted by Gasteiger charge is 2.33. The van der Waals surface area contributed by atoms with E-state index in [0.717, 1.165) is 18.8 Å². The Morgan fingerprint density at radius 1 is 0.968 bits per heavy atom. The minimum atomic E-state index is -3.65. The molecule has 8 heteroatoms. The lowest BCUT2D eigenvalue weighted by atomic mass is 9.98. The third-order valence-electron chi connectivity index (χ3n) is 6.06. The average Bonchev–Trinajstić information content (AvgIpc) is 3.35. The van der Waals surface area contributed by atoms with Gasteiger partial charge in [0.15, 0.2) is 0 Å². The highest BCUT2D eigenvalue weighted by atomic mass is 32.2. The Hall–Kier alpha value is -2.58. The van der Waals surface area contributed by atoms with Gasteiger partial charge >= 0.3 is 0 Å². The van der Waals surface area contributed by atoms with E-state index in [1.54, 1.807) is 24.3 Å². The molecule has 0 aliphatic carbocycles. The van der Waals surface area contributed by atoms with Gasteiger partial charge in [-0.2, -0.15) is 4.31 Å². The molecule has 1 amide bonds. The number of nitrogens with zero attached hydrogens (tertiary/aromatic N) is 2. The quantitative estimate of drug-likeness (QED) is 0.741. The number of sulfonamides is 1. The van der Waals surface area contributed by atoms with E-state index in [1.165, 1.54) is 29.9 Å². The zero-order chi connectivity index (χ0) is 21.8. The summed E-state index contributed by atoms with van der Waals surface area (Å²) in [5.74, 6) is 0.0918. The van der Waals surface area contributed by atoms with Crippen molar-refractivity contribution in [2.75, 3.05) is 43.5 Å². The summed E-state index contributed by atoms with van der Waals surface area (Å²) in [5, 5.41) is 2.96. The van der Waals surface area contributed by atoms with Crippen molar-refractivity contribution in [3.8, 4) is 5.75 Å². The molecule has 166 valence electrons. The Balaban J connectivity index is 1.39. The lowest BCUT2D eigenvalue weighted by Crippen LogP contribution is -2.43. The summed E-state index contributed by atoms with van der Waals surface area (Å²) >= 11 is 0. The number of methoxy groups -OCH3 is 1. The first-order valence-corrected chi connectivity index (χ1v) is 12.2. The van der Waals surface area contributed by atoms with E-state index in [2.05, 4.69) is 10.2 Å². The van der Waals surface area contributed by atoms with Crippen LogP contribution in [-0.4, -0.2) is 51.9 Å². The van der Waals surface area contributed by atoms with Crippen LogP contribution in [0.3, 0.4) is 0 Å². The minimum absolute atomic E-state index is 0.136. The molecule has 1 atom stereocenters. The molecule has 2 aliphatic heterocycles. The number of carbonyl (C=O) groups excluding carboxylic acids is 1. The van der Waals surface area contributed by atoms with Crippen molar-refractivity contribution in [3.05, 3.63) is 48.5 Å². The van der Waals surface area contributed by atoms with Crippen molar-refractivity contribution in [1.29, 1.82) is 0 Å². The second-order valence-electron chi connectivity index (χ2n) is 8.11. The molecule has 0 radical (unpaired) electrons. The fourth-order valence-electron chi connectivity index (χ4n) is 4.25. The van der Waals surface area contributed by atoms with Crippen molar-refractivity contribution in [2.45, 2.75) is 30.6 Å². The van der Waals surface area contributed by atoms with Gasteiger partial charge < -0.3 is 15.0 Å². The Morgan fingerprint density at radius 2 is 1.65 bits per heavy atom. The minimum Gasteiger partial charge on any atom is -0.497 e. The SMILES string of the molecule is COc1ccc(S(=O)(=O)N2CCC[C@H](C(=O)Nc3ccc(N4CCCC4)cc3)C2)cc1. The van der Waals surface area contributed by atoms with E-state index < -0.39 is 10.0 Å². The molecule has 0 unspecified atom stereocenters. The molecule has 2 saturated heterocycles.